The van der Waals surface area contributed by atoms with Gasteiger partial charge in [0.05, 0.1) is 12.7 Å². The van der Waals surface area contributed by atoms with E-state index in [0.717, 1.165) is 45.2 Å². The van der Waals surface area contributed by atoms with Crippen LogP contribution in [0.2, 0.25) is 0 Å². The number of hydrogen-bond acceptors (Lipinski definition) is 4. The molecule has 2 saturated heterocycles. The molecule has 0 radical (unpaired) electrons. The first kappa shape index (κ1) is 11.3. The highest BCUT2D eigenvalue weighted by atomic mass is 16.5. The molecule has 0 aromatic carbocycles. The highest BCUT2D eigenvalue weighted by molar-refractivity contribution is 4.84. The smallest absolute Gasteiger partial charge is 0.0829 e. The van der Waals surface area contributed by atoms with Gasteiger partial charge in [-0.15, -0.1) is 0 Å². The van der Waals surface area contributed by atoms with Crippen LogP contribution in [0.4, 0.5) is 0 Å². The van der Waals surface area contributed by atoms with E-state index in [1.54, 1.807) is 0 Å². The molecule has 2 fully saturated rings. The first-order chi connectivity index (χ1) is 7.31. The third-order valence-electron chi connectivity index (χ3n) is 3.50. The van der Waals surface area contributed by atoms with Crippen LogP contribution in [0.5, 0.6) is 0 Å². The van der Waals surface area contributed by atoms with Crippen molar-refractivity contribution in [2.24, 2.45) is 11.7 Å². The Bertz CT molecular complexity index is 194. The number of nitrogens with two attached hydrogens (primary N) is 1. The van der Waals surface area contributed by atoms with Gasteiger partial charge in [0.25, 0.3) is 0 Å². The van der Waals surface area contributed by atoms with E-state index < -0.39 is 0 Å². The average molecular weight is 213 g/mol. The van der Waals surface area contributed by atoms with Crippen molar-refractivity contribution in [1.29, 1.82) is 0 Å². The van der Waals surface area contributed by atoms with Gasteiger partial charge in [-0.25, -0.2) is 0 Å². The van der Waals surface area contributed by atoms with Crippen molar-refractivity contribution in [2.45, 2.75) is 13.0 Å². The summed E-state index contributed by atoms with van der Waals surface area (Å²) in [5.41, 5.74) is 5.61. The van der Waals surface area contributed by atoms with E-state index in [4.69, 9.17) is 10.5 Å². The summed E-state index contributed by atoms with van der Waals surface area (Å²) in [5.74, 6) is 0.732. The number of morpholine rings is 1. The van der Waals surface area contributed by atoms with Crippen molar-refractivity contribution in [1.82, 2.24) is 9.80 Å². The monoisotopic (exact) mass is 213 g/mol. The summed E-state index contributed by atoms with van der Waals surface area (Å²) >= 11 is 0. The highest BCUT2D eigenvalue weighted by Crippen LogP contribution is 2.16. The second kappa shape index (κ2) is 5.25. The number of rotatable bonds is 4. The van der Waals surface area contributed by atoms with E-state index in [1.807, 2.05) is 0 Å². The number of likely N-dealkylation sites (tertiary alicyclic amines) is 1. The maximum atomic E-state index is 5.77. The lowest BCUT2D eigenvalue weighted by Crippen LogP contribution is -2.55. The van der Waals surface area contributed by atoms with E-state index in [2.05, 4.69) is 16.7 Å². The SMILES string of the molecule is CCN1CCOC(CN2CC(CN)C2)C1. The number of likely N-dealkylation sites (N-methyl/N-ethyl adjacent to an activating group) is 1. The van der Waals surface area contributed by atoms with Crippen LogP contribution in [0.15, 0.2) is 0 Å². The third-order valence-corrected chi connectivity index (χ3v) is 3.50. The van der Waals surface area contributed by atoms with Gasteiger partial charge in [-0.2, -0.15) is 0 Å². The first-order valence-corrected chi connectivity index (χ1v) is 6.08. The van der Waals surface area contributed by atoms with Crippen LogP contribution in [-0.2, 0) is 4.74 Å². The Morgan fingerprint density at radius 3 is 2.73 bits per heavy atom. The van der Waals surface area contributed by atoms with Crippen LogP contribution in [0.3, 0.4) is 0 Å². The van der Waals surface area contributed by atoms with Gasteiger partial charge < -0.3 is 10.5 Å². The Kier molecular flexibility index (Phi) is 3.97. The molecular weight excluding hydrogens is 190 g/mol. The molecule has 0 saturated carbocycles. The highest BCUT2D eigenvalue weighted by Gasteiger charge is 2.29. The molecule has 15 heavy (non-hydrogen) atoms. The largest absolute Gasteiger partial charge is 0.374 e. The Hall–Kier alpha value is -0.160. The maximum absolute atomic E-state index is 5.77. The molecular formula is C11H23N3O. The quantitative estimate of drug-likeness (QED) is 0.690. The van der Waals surface area contributed by atoms with Crippen LogP contribution in [0.1, 0.15) is 6.92 Å². The van der Waals surface area contributed by atoms with Gasteiger partial charge in [0.1, 0.15) is 0 Å². The second-order valence-corrected chi connectivity index (χ2v) is 4.71. The fourth-order valence-corrected chi connectivity index (χ4v) is 2.44. The van der Waals surface area contributed by atoms with Gasteiger partial charge in [0.2, 0.25) is 0 Å². The van der Waals surface area contributed by atoms with E-state index in [1.165, 1.54) is 13.1 Å². The summed E-state index contributed by atoms with van der Waals surface area (Å²) in [6.45, 7) is 10.7. The summed E-state index contributed by atoms with van der Waals surface area (Å²) in [6.07, 6.45) is 0.414. The Morgan fingerprint density at radius 2 is 2.07 bits per heavy atom. The number of nitrogens with zero attached hydrogens (tertiary/aromatic N) is 2. The van der Waals surface area contributed by atoms with Gasteiger partial charge in [-0.05, 0) is 19.0 Å². The van der Waals surface area contributed by atoms with Gasteiger partial charge in [-0.3, -0.25) is 9.80 Å². The average Bonchev–Trinajstić information content (AvgIpc) is 2.23. The Balaban J connectivity index is 1.66. The van der Waals surface area contributed by atoms with Gasteiger partial charge in [-0.1, -0.05) is 6.92 Å². The molecule has 2 aliphatic heterocycles. The zero-order valence-electron chi connectivity index (χ0n) is 9.69. The van der Waals surface area contributed by atoms with Crippen LogP contribution in [0.25, 0.3) is 0 Å². The molecule has 0 amide bonds. The molecule has 2 heterocycles. The van der Waals surface area contributed by atoms with Crippen LogP contribution in [-0.4, -0.2) is 68.3 Å². The molecule has 0 aromatic rings. The molecule has 4 nitrogen and oxygen atoms in total. The van der Waals surface area contributed by atoms with Crippen molar-refractivity contribution >= 4 is 0 Å². The Labute approximate surface area is 92.4 Å². The van der Waals surface area contributed by atoms with Gasteiger partial charge in [0, 0.05) is 32.7 Å². The van der Waals surface area contributed by atoms with Crippen molar-refractivity contribution < 1.29 is 4.74 Å². The molecule has 2 N–H and O–H groups in total. The zero-order valence-corrected chi connectivity index (χ0v) is 9.69. The van der Waals surface area contributed by atoms with Crippen LogP contribution in [0, 0.1) is 5.92 Å². The summed E-state index contributed by atoms with van der Waals surface area (Å²) < 4.78 is 5.77. The fourth-order valence-electron chi connectivity index (χ4n) is 2.44. The minimum Gasteiger partial charge on any atom is -0.374 e. The summed E-state index contributed by atoms with van der Waals surface area (Å²) in [5, 5.41) is 0. The molecule has 0 aliphatic carbocycles. The molecule has 0 spiro atoms. The van der Waals surface area contributed by atoms with E-state index in [-0.39, 0.29) is 0 Å². The predicted octanol–water partition coefficient (Wildman–Crippen LogP) is -0.402. The predicted molar refractivity (Wildman–Crippen MR) is 60.8 cm³/mol. The molecule has 0 bridgehead atoms. The molecule has 2 rings (SSSR count). The lowest BCUT2D eigenvalue weighted by Gasteiger charge is -2.42. The molecule has 0 aromatic heterocycles. The lowest BCUT2D eigenvalue weighted by molar-refractivity contribution is -0.0568. The molecule has 1 atom stereocenters. The van der Waals surface area contributed by atoms with Gasteiger partial charge in [0.15, 0.2) is 0 Å². The van der Waals surface area contributed by atoms with Crippen LogP contribution < -0.4 is 5.73 Å². The fraction of sp³-hybridized carbons (Fsp3) is 1.00. The van der Waals surface area contributed by atoms with Crippen LogP contribution >= 0.6 is 0 Å². The van der Waals surface area contributed by atoms with Crippen molar-refractivity contribution in [3.63, 3.8) is 0 Å². The normalized spacial score (nSPS) is 30.4. The number of ether oxygens (including phenoxy) is 1. The second-order valence-electron chi connectivity index (χ2n) is 4.71. The maximum Gasteiger partial charge on any atom is 0.0829 e. The minimum absolute atomic E-state index is 0.414. The summed E-state index contributed by atoms with van der Waals surface area (Å²) in [7, 11) is 0. The molecule has 88 valence electrons. The van der Waals surface area contributed by atoms with Gasteiger partial charge >= 0.3 is 0 Å². The summed E-state index contributed by atoms with van der Waals surface area (Å²) in [6, 6.07) is 0. The lowest BCUT2D eigenvalue weighted by atomic mass is 10.00. The summed E-state index contributed by atoms with van der Waals surface area (Å²) in [4.78, 5) is 4.93. The molecule has 1 unspecified atom stereocenters. The van der Waals surface area contributed by atoms with Crippen molar-refractivity contribution in [2.75, 3.05) is 52.4 Å². The first-order valence-electron chi connectivity index (χ1n) is 6.08. The topological polar surface area (TPSA) is 41.7 Å². The molecule has 2 aliphatic rings. The number of hydrogen-bond donors (Lipinski definition) is 1. The third kappa shape index (κ3) is 2.91. The standard InChI is InChI=1S/C11H23N3O/c1-2-13-3-4-15-11(8-13)9-14-6-10(5-12)7-14/h10-11H,2-9,12H2,1H3. The zero-order chi connectivity index (χ0) is 10.7. The Morgan fingerprint density at radius 1 is 1.27 bits per heavy atom. The van der Waals surface area contributed by atoms with Crippen molar-refractivity contribution in [3.8, 4) is 0 Å². The van der Waals surface area contributed by atoms with E-state index >= 15 is 0 Å². The minimum atomic E-state index is 0.414. The molecule has 4 heteroatoms. The van der Waals surface area contributed by atoms with E-state index in [9.17, 15) is 0 Å². The van der Waals surface area contributed by atoms with E-state index in [0.29, 0.717) is 6.10 Å². The van der Waals surface area contributed by atoms with Crippen molar-refractivity contribution in [3.05, 3.63) is 0 Å².